The first-order valence-corrected chi connectivity index (χ1v) is 10.8. The molecule has 6 nitrogen and oxygen atoms in total. The molecular weight excluding hydrogens is 402 g/mol. The van der Waals surface area contributed by atoms with Crippen molar-refractivity contribution in [2.75, 3.05) is 20.3 Å². The van der Waals surface area contributed by atoms with Gasteiger partial charge in [0.1, 0.15) is 11.5 Å². The van der Waals surface area contributed by atoms with E-state index in [1.54, 1.807) is 12.1 Å². The second-order valence-electron chi connectivity index (χ2n) is 7.48. The summed E-state index contributed by atoms with van der Waals surface area (Å²) in [5.41, 5.74) is 1.40. The van der Waals surface area contributed by atoms with Gasteiger partial charge in [0.25, 0.3) is 11.7 Å². The number of carbonyl (C=O) groups excluding carboxylic acids is 2. The Morgan fingerprint density at radius 2 is 2.03 bits per heavy atom. The molecule has 0 aliphatic carbocycles. The van der Waals surface area contributed by atoms with Crippen molar-refractivity contribution in [3.8, 4) is 5.75 Å². The number of thiophene rings is 1. The number of carbonyl (C=O) groups is 2. The molecule has 0 spiro atoms. The van der Waals surface area contributed by atoms with E-state index < -0.39 is 17.7 Å². The van der Waals surface area contributed by atoms with E-state index in [1.165, 1.54) is 23.3 Å². The molecule has 0 bridgehead atoms. The minimum Gasteiger partial charge on any atom is -0.507 e. The third kappa shape index (κ3) is 4.42. The average Bonchev–Trinajstić information content (AvgIpc) is 3.32. The number of benzene rings is 1. The second kappa shape index (κ2) is 9.45. The molecule has 1 aromatic carbocycles. The van der Waals surface area contributed by atoms with Crippen molar-refractivity contribution in [3.05, 3.63) is 57.3 Å². The van der Waals surface area contributed by atoms with Crippen LogP contribution in [0.3, 0.4) is 0 Å². The number of ketones is 1. The predicted octanol–water partition coefficient (Wildman–Crippen LogP) is 4.30. The maximum atomic E-state index is 13.0. The Bertz CT molecular complexity index is 949. The van der Waals surface area contributed by atoms with E-state index in [2.05, 4.69) is 0 Å². The summed E-state index contributed by atoms with van der Waals surface area (Å²) in [6, 6.07) is 8.47. The molecule has 0 saturated carbocycles. The maximum Gasteiger partial charge on any atom is 0.295 e. The number of aryl methyl sites for hydroxylation is 1. The van der Waals surface area contributed by atoms with Gasteiger partial charge in [0.2, 0.25) is 0 Å². The molecule has 0 radical (unpaired) electrons. The van der Waals surface area contributed by atoms with Crippen molar-refractivity contribution in [2.24, 2.45) is 0 Å². The number of hydrogen-bond acceptors (Lipinski definition) is 6. The van der Waals surface area contributed by atoms with Crippen LogP contribution in [0.4, 0.5) is 0 Å². The van der Waals surface area contributed by atoms with Crippen LogP contribution in [0, 0.1) is 6.92 Å². The Balaban J connectivity index is 2.04. The van der Waals surface area contributed by atoms with E-state index in [-0.39, 0.29) is 17.4 Å². The molecule has 1 aromatic heterocycles. The van der Waals surface area contributed by atoms with Gasteiger partial charge in [0.15, 0.2) is 0 Å². The van der Waals surface area contributed by atoms with Crippen LogP contribution in [0.2, 0.25) is 0 Å². The minimum atomic E-state index is -0.681. The molecule has 1 fully saturated rings. The monoisotopic (exact) mass is 429 g/mol. The summed E-state index contributed by atoms with van der Waals surface area (Å²) < 4.78 is 11.0. The lowest BCUT2D eigenvalue weighted by atomic mass is 9.98. The van der Waals surface area contributed by atoms with E-state index >= 15 is 0 Å². The maximum absolute atomic E-state index is 13.0. The number of aliphatic hydroxyl groups is 1. The number of nitrogens with zero attached hydrogens (tertiary/aromatic N) is 1. The van der Waals surface area contributed by atoms with Gasteiger partial charge in [0.05, 0.1) is 30.4 Å². The molecule has 1 aliphatic heterocycles. The van der Waals surface area contributed by atoms with Crippen LogP contribution in [-0.2, 0) is 14.3 Å². The molecule has 160 valence electrons. The van der Waals surface area contributed by atoms with Crippen LogP contribution in [0.5, 0.6) is 5.75 Å². The molecule has 7 heteroatoms. The fourth-order valence-electron chi connectivity index (χ4n) is 3.56. The molecular formula is C23H27NO5S. The fraction of sp³-hybridized carbons (Fsp3) is 0.391. The number of Topliss-reactive ketones (excluding diaryl/α,β-unsaturated/α-hetero) is 1. The fourth-order valence-corrected chi connectivity index (χ4v) is 4.40. The van der Waals surface area contributed by atoms with Gasteiger partial charge in [-0.15, -0.1) is 11.3 Å². The van der Waals surface area contributed by atoms with Gasteiger partial charge in [0, 0.05) is 18.0 Å². The van der Waals surface area contributed by atoms with Crippen molar-refractivity contribution in [1.82, 2.24) is 4.90 Å². The van der Waals surface area contributed by atoms with E-state index in [1.807, 2.05) is 44.4 Å². The lowest BCUT2D eigenvalue weighted by Gasteiger charge is -2.24. The third-order valence-corrected chi connectivity index (χ3v) is 5.88. The number of rotatable bonds is 8. The Morgan fingerprint density at radius 1 is 1.27 bits per heavy atom. The summed E-state index contributed by atoms with van der Waals surface area (Å²) in [6.45, 7) is 6.64. The van der Waals surface area contributed by atoms with Crippen molar-refractivity contribution in [3.63, 3.8) is 0 Å². The van der Waals surface area contributed by atoms with Gasteiger partial charge in [-0.2, -0.15) is 0 Å². The van der Waals surface area contributed by atoms with Gasteiger partial charge in [-0.25, -0.2) is 0 Å². The smallest absolute Gasteiger partial charge is 0.295 e. The molecule has 30 heavy (non-hydrogen) atoms. The lowest BCUT2D eigenvalue weighted by molar-refractivity contribution is -0.140. The largest absolute Gasteiger partial charge is 0.507 e. The first kappa shape index (κ1) is 22.1. The molecule has 2 heterocycles. The van der Waals surface area contributed by atoms with Gasteiger partial charge < -0.3 is 19.5 Å². The summed E-state index contributed by atoms with van der Waals surface area (Å²) in [6.07, 6.45) is 0.697. The summed E-state index contributed by atoms with van der Waals surface area (Å²) >= 11 is 1.45. The molecule has 2 aromatic rings. The highest BCUT2D eigenvalue weighted by atomic mass is 32.1. The van der Waals surface area contributed by atoms with Gasteiger partial charge >= 0.3 is 0 Å². The average molecular weight is 430 g/mol. The number of methoxy groups -OCH3 is 1. The highest BCUT2D eigenvalue weighted by Gasteiger charge is 2.46. The minimum absolute atomic E-state index is 0.0936. The van der Waals surface area contributed by atoms with Crippen LogP contribution in [0.1, 0.15) is 42.3 Å². The molecule has 1 unspecified atom stereocenters. The topological polar surface area (TPSA) is 76.1 Å². The Morgan fingerprint density at radius 3 is 2.67 bits per heavy atom. The number of aliphatic hydroxyl groups excluding tert-OH is 1. The molecule has 1 aliphatic rings. The van der Waals surface area contributed by atoms with Crippen LogP contribution < -0.4 is 4.74 Å². The summed E-state index contributed by atoms with van der Waals surface area (Å²) in [7, 11) is 1.51. The van der Waals surface area contributed by atoms with Crippen molar-refractivity contribution in [1.29, 1.82) is 0 Å². The van der Waals surface area contributed by atoms with E-state index in [9.17, 15) is 14.7 Å². The van der Waals surface area contributed by atoms with Gasteiger partial charge in [-0.05, 0) is 50.8 Å². The number of likely N-dealkylation sites (tertiary alicyclic amines) is 1. The first-order valence-electron chi connectivity index (χ1n) is 9.93. The Kier molecular flexibility index (Phi) is 6.95. The zero-order valence-electron chi connectivity index (χ0n) is 17.7. The summed E-state index contributed by atoms with van der Waals surface area (Å²) in [4.78, 5) is 28.2. The summed E-state index contributed by atoms with van der Waals surface area (Å²) in [5.74, 6) is -1.06. The van der Waals surface area contributed by atoms with Crippen LogP contribution in [-0.4, -0.2) is 48.1 Å². The third-order valence-electron chi connectivity index (χ3n) is 4.96. The molecule has 1 atom stereocenters. The zero-order chi connectivity index (χ0) is 21.8. The van der Waals surface area contributed by atoms with Crippen LogP contribution in [0.15, 0.2) is 41.3 Å². The molecule has 1 saturated heterocycles. The second-order valence-corrected chi connectivity index (χ2v) is 8.46. The predicted molar refractivity (Wildman–Crippen MR) is 117 cm³/mol. The normalized spacial score (nSPS) is 18.4. The van der Waals surface area contributed by atoms with Crippen molar-refractivity contribution in [2.45, 2.75) is 39.3 Å². The van der Waals surface area contributed by atoms with Gasteiger partial charge in [-0.1, -0.05) is 17.7 Å². The number of amides is 1. The SMILES string of the molecule is COc1ccc(C)cc1/C(O)=C1/C(=O)C(=O)N(CCCOC(C)C)C1c1cccs1. The number of hydrogen-bond donors (Lipinski definition) is 1. The van der Waals surface area contributed by atoms with E-state index in [0.717, 1.165) is 10.4 Å². The summed E-state index contributed by atoms with van der Waals surface area (Å²) in [5, 5.41) is 13.0. The quantitative estimate of drug-likeness (QED) is 0.293. The highest BCUT2D eigenvalue weighted by molar-refractivity contribution is 7.10. The van der Waals surface area contributed by atoms with Crippen LogP contribution >= 0.6 is 11.3 Å². The van der Waals surface area contributed by atoms with Gasteiger partial charge in [-0.3, -0.25) is 9.59 Å². The molecule has 3 rings (SSSR count). The first-order chi connectivity index (χ1) is 14.3. The van der Waals surface area contributed by atoms with E-state index in [0.29, 0.717) is 30.9 Å². The number of ether oxygens (including phenoxy) is 2. The standard InChI is InChI=1S/C23H27NO5S/c1-14(2)29-11-6-10-24-20(18-7-5-12-30-18)19(22(26)23(24)27)21(25)16-13-15(3)8-9-17(16)28-4/h5,7-9,12-14,20,25H,6,10-11H2,1-4H3/b21-19-. The Hall–Kier alpha value is -2.64. The van der Waals surface area contributed by atoms with Crippen molar-refractivity contribution >= 4 is 28.8 Å². The lowest BCUT2D eigenvalue weighted by Crippen LogP contribution is -2.31. The van der Waals surface area contributed by atoms with Crippen LogP contribution in [0.25, 0.3) is 5.76 Å². The Labute approximate surface area is 180 Å². The van der Waals surface area contributed by atoms with E-state index in [4.69, 9.17) is 9.47 Å². The zero-order valence-corrected chi connectivity index (χ0v) is 18.5. The molecule has 1 amide bonds. The molecule has 1 N–H and O–H groups in total. The van der Waals surface area contributed by atoms with Crippen molar-refractivity contribution < 1.29 is 24.2 Å². The highest BCUT2D eigenvalue weighted by Crippen LogP contribution is 2.42.